The third-order valence-corrected chi connectivity index (χ3v) is 7.47. The molecule has 1 amide bonds. The Morgan fingerprint density at radius 2 is 1.61 bits per heavy atom. The predicted octanol–water partition coefficient (Wildman–Crippen LogP) is 4.22. The quantitative estimate of drug-likeness (QED) is 0.870. The molecule has 5 heteroatoms. The topological polar surface area (TPSA) is 66.4 Å². The molecule has 4 aliphatic rings. The van der Waals surface area contributed by atoms with Crippen molar-refractivity contribution in [3.8, 4) is 0 Å². The summed E-state index contributed by atoms with van der Waals surface area (Å²) in [5.41, 5.74) is 0.796. The van der Waals surface area contributed by atoms with E-state index in [1.54, 1.807) is 0 Å². The molecular formula is C18H23NO3S. The Labute approximate surface area is 140 Å². The number of nitrogens with one attached hydrogen (secondary N) is 1. The van der Waals surface area contributed by atoms with Crippen molar-refractivity contribution in [1.29, 1.82) is 0 Å². The third kappa shape index (κ3) is 2.32. The SMILES string of the molecule is Cc1sc(NC(=O)C23CC4CC(CC(C4)C2)C3)c(C(=O)O)c1C. The summed E-state index contributed by atoms with van der Waals surface area (Å²) in [7, 11) is 0. The van der Waals surface area contributed by atoms with Crippen molar-refractivity contribution in [2.45, 2.75) is 52.4 Å². The van der Waals surface area contributed by atoms with Crippen LogP contribution in [-0.2, 0) is 4.79 Å². The zero-order valence-electron chi connectivity index (χ0n) is 13.6. The van der Waals surface area contributed by atoms with Gasteiger partial charge in [0, 0.05) is 4.88 Å². The van der Waals surface area contributed by atoms with Crippen molar-refractivity contribution >= 4 is 28.2 Å². The molecule has 0 aliphatic heterocycles. The number of aryl methyl sites for hydroxylation is 1. The smallest absolute Gasteiger partial charge is 0.338 e. The van der Waals surface area contributed by atoms with E-state index >= 15 is 0 Å². The Hall–Kier alpha value is -1.36. The molecule has 0 aromatic carbocycles. The Balaban J connectivity index is 1.62. The lowest BCUT2D eigenvalue weighted by molar-refractivity contribution is -0.140. The molecule has 23 heavy (non-hydrogen) atoms. The van der Waals surface area contributed by atoms with Crippen LogP contribution >= 0.6 is 11.3 Å². The van der Waals surface area contributed by atoms with E-state index < -0.39 is 5.97 Å². The zero-order chi connectivity index (χ0) is 16.4. The van der Waals surface area contributed by atoms with Crippen molar-refractivity contribution in [3.05, 3.63) is 16.0 Å². The summed E-state index contributed by atoms with van der Waals surface area (Å²) in [6.45, 7) is 3.72. The lowest BCUT2D eigenvalue weighted by Crippen LogP contribution is -2.51. The minimum atomic E-state index is -0.951. The Morgan fingerprint density at radius 3 is 2.09 bits per heavy atom. The normalized spacial score (nSPS) is 34.6. The van der Waals surface area contributed by atoms with E-state index in [1.165, 1.54) is 30.6 Å². The van der Waals surface area contributed by atoms with Crippen LogP contribution < -0.4 is 5.32 Å². The number of carbonyl (C=O) groups excluding carboxylic acids is 1. The third-order valence-electron chi connectivity index (χ3n) is 6.35. The molecule has 0 unspecified atom stereocenters. The van der Waals surface area contributed by atoms with Crippen molar-refractivity contribution in [3.63, 3.8) is 0 Å². The van der Waals surface area contributed by atoms with Gasteiger partial charge in [0.05, 0.1) is 11.0 Å². The molecule has 5 rings (SSSR count). The molecule has 1 aromatic heterocycles. The van der Waals surface area contributed by atoms with E-state index in [2.05, 4.69) is 5.32 Å². The fraction of sp³-hybridized carbons (Fsp3) is 0.667. The second-order valence-electron chi connectivity index (χ2n) is 7.94. The standard InChI is InChI=1S/C18H23NO3S/c1-9-10(2)23-15(14(9)16(20)21)19-17(22)18-6-11-3-12(7-18)5-13(4-11)8-18/h11-13H,3-8H2,1-2H3,(H,19,22)(H,20,21). The second kappa shape index (κ2) is 5.07. The Kier molecular flexibility index (Phi) is 3.34. The first-order valence-electron chi connectivity index (χ1n) is 8.52. The average Bonchev–Trinajstić information content (AvgIpc) is 2.72. The maximum atomic E-state index is 13.1. The van der Waals surface area contributed by atoms with Gasteiger partial charge in [-0.05, 0) is 75.7 Å². The van der Waals surface area contributed by atoms with Crippen molar-refractivity contribution < 1.29 is 14.7 Å². The summed E-state index contributed by atoms with van der Waals surface area (Å²) in [6.07, 6.45) is 6.88. The van der Waals surface area contributed by atoms with Crippen LogP contribution in [0.3, 0.4) is 0 Å². The van der Waals surface area contributed by atoms with Crippen molar-refractivity contribution in [1.82, 2.24) is 0 Å². The van der Waals surface area contributed by atoms with Gasteiger partial charge in [0.25, 0.3) is 0 Å². The van der Waals surface area contributed by atoms with E-state index in [1.807, 2.05) is 13.8 Å². The molecule has 1 aromatic rings. The number of carboxylic acid groups (broad SMARTS) is 1. The van der Waals surface area contributed by atoms with E-state index in [0.29, 0.717) is 22.8 Å². The summed E-state index contributed by atoms with van der Waals surface area (Å²) in [4.78, 5) is 25.6. The molecule has 2 N–H and O–H groups in total. The maximum absolute atomic E-state index is 13.1. The molecule has 0 radical (unpaired) electrons. The van der Waals surface area contributed by atoms with Gasteiger partial charge in [-0.25, -0.2) is 4.79 Å². The summed E-state index contributed by atoms with van der Waals surface area (Å²) in [5.74, 6) is 1.24. The van der Waals surface area contributed by atoms with Crippen LogP contribution in [0.2, 0.25) is 0 Å². The van der Waals surface area contributed by atoms with Gasteiger partial charge < -0.3 is 10.4 Å². The predicted molar refractivity (Wildman–Crippen MR) is 90.0 cm³/mol. The number of anilines is 1. The number of thiophene rings is 1. The Bertz CT molecular complexity index is 655. The fourth-order valence-electron chi connectivity index (χ4n) is 5.60. The molecule has 0 atom stereocenters. The molecule has 4 nitrogen and oxygen atoms in total. The van der Waals surface area contributed by atoms with Crippen molar-refractivity contribution in [2.24, 2.45) is 23.2 Å². The minimum Gasteiger partial charge on any atom is -0.478 e. The summed E-state index contributed by atoms with van der Waals surface area (Å²) in [6, 6.07) is 0. The molecule has 1 heterocycles. The highest BCUT2D eigenvalue weighted by Crippen LogP contribution is 2.60. The highest BCUT2D eigenvalue weighted by atomic mass is 32.1. The van der Waals surface area contributed by atoms with E-state index in [0.717, 1.165) is 29.7 Å². The van der Waals surface area contributed by atoms with Crippen LogP contribution in [0.15, 0.2) is 0 Å². The van der Waals surface area contributed by atoms with Gasteiger partial charge in [-0.3, -0.25) is 4.79 Å². The molecule has 0 saturated heterocycles. The van der Waals surface area contributed by atoms with Crippen LogP contribution in [0.25, 0.3) is 0 Å². The van der Waals surface area contributed by atoms with Crippen LogP contribution in [0.4, 0.5) is 5.00 Å². The average molecular weight is 333 g/mol. The van der Waals surface area contributed by atoms with Crippen LogP contribution in [0.1, 0.15) is 59.3 Å². The van der Waals surface area contributed by atoms with Gasteiger partial charge >= 0.3 is 5.97 Å². The van der Waals surface area contributed by atoms with Crippen LogP contribution in [0, 0.1) is 37.0 Å². The number of carboxylic acids is 1. The number of carbonyl (C=O) groups is 2. The van der Waals surface area contributed by atoms with E-state index in [-0.39, 0.29) is 16.9 Å². The van der Waals surface area contributed by atoms with Gasteiger partial charge in [-0.15, -0.1) is 11.3 Å². The largest absolute Gasteiger partial charge is 0.478 e. The molecule has 4 bridgehead atoms. The van der Waals surface area contributed by atoms with Gasteiger partial charge in [0.1, 0.15) is 5.00 Å². The molecular weight excluding hydrogens is 310 g/mol. The van der Waals surface area contributed by atoms with Gasteiger partial charge in [0.2, 0.25) is 5.91 Å². The van der Waals surface area contributed by atoms with Crippen LogP contribution in [0.5, 0.6) is 0 Å². The second-order valence-corrected chi connectivity index (χ2v) is 9.17. The molecule has 124 valence electrons. The lowest BCUT2D eigenvalue weighted by Gasteiger charge is -2.55. The van der Waals surface area contributed by atoms with Gasteiger partial charge in [-0.1, -0.05) is 0 Å². The minimum absolute atomic E-state index is 0.0698. The number of hydrogen-bond donors (Lipinski definition) is 2. The molecule has 0 spiro atoms. The summed E-state index contributed by atoms with van der Waals surface area (Å²) >= 11 is 1.39. The highest BCUT2D eigenvalue weighted by Gasteiger charge is 2.54. The molecule has 4 saturated carbocycles. The first kappa shape index (κ1) is 15.2. The lowest BCUT2D eigenvalue weighted by atomic mass is 9.49. The molecule has 4 fully saturated rings. The van der Waals surface area contributed by atoms with Crippen molar-refractivity contribution in [2.75, 3.05) is 5.32 Å². The monoisotopic (exact) mass is 333 g/mol. The fourth-order valence-corrected chi connectivity index (χ4v) is 6.64. The summed E-state index contributed by atoms with van der Waals surface area (Å²) in [5, 5.41) is 13.0. The highest BCUT2D eigenvalue weighted by molar-refractivity contribution is 7.16. The first-order valence-corrected chi connectivity index (χ1v) is 9.34. The maximum Gasteiger partial charge on any atom is 0.338 e. The van der Waals surface area contributed by atoms with Gasteiger partial charge in [-0.2, -0.15) is 0 Å². The molecule has 4 aliphatic carbocycles. The number of rotatable bonds is 3. The van der Waals surface area contributed by atoms with Crippen LogP contribution in [-0.4, -0.2) is 17.0 Å². The summed E-state index contributed by atoms with van der Waals surface area (Å²) < 4.78 is 0. The first-order chi connectivity index (χ1) is 10.9. The van der Waals surface area contributed by atoms with E-state index in [4.69, 9.17) is 0 Å². The zero-order valence-corrected chi connectivity index (χ0v) is 14.5. The Morgan fingerprint density at radius 1 is 1.09 bits per heavy atom. The number of aromatic carboxylic acids is 1. The van der Waals surface area contributed by atoms with E-state index in [9.17, 15) is 14.7 Å². The number of hydrogen-bond acceptors (Lipinski definition) is 3. The number of amides is 1. The van der Waals surface area contributed by atoms with Gasteiger partial charge in [0.15, 0.2) is 0 Å².